The van der Waals surface area contributed by atoms with Crippen LogP contribution in [0.2, 0.25) is 0 Å². The largest absolute Gasteiger partial charge is 0.472 e. The van der Waals surface area contributed by atoms with Crippen LogP contribution in [0.15, 0.2) is 0 Å². The first-order valence-corrected chi connectivity index (χ1v) is 16.5. The molecule has 224 valence electrons. The maximum Gasteiger partial charge on any atom is 0.472 e. The average molecular weight is 555 g/mol. The maximum atomic E-state index is 11.9. The number of quaternary nitrogens is 1. The summed E-state index contributed by atoms with van der Waals surface area (Å²) in [5.41, 5.74) is 0. The molecule has 0 saturated carbocycles. The molecule has 0 aliphatic heterocycles. The van der Waals surface area contributed by atoms with Gasteiger partial charge in [0.25, 0.3) is 0 Å². The first kappa shape index (κ1) is 37.0. The number of rotatable bonds is 29. The van der Waals surface area contributed by atoms with Gasteiger partial charge in [0.1, 0.15) is 19.3 Å². The van der Waals surface area contributed by atoms with E-state index in [-0.39, 0.29) is 19.8 Å². The summed E-state index contributed by atoms with van der Waals surface area (Å²) in [5, 5.41) is 8.99. The lowest BCUT2D eigenvalue weighted by molar-refractivity contribution is -0.870. The molecule has 0 heterocycles. The second-order valence-electron chi connectivity index (χ2n) is 11.4. The van der Waals surface area contributed by atoms with Crippen molar-refractivity contribution in [3.8, 4) is 0 Å². The molecule has 8 nitrogen and oxygen atoms in total. The summed E-state index contributed by atoms with van der Waals surface area (Å²) in [7, 11) is 1.69. The number of hydrogen-bond donors (Lipinski definition) is 2. The predicted octanol–water partition coefficient (Wildman–Crippen LogP) is 7.74. The molecule has 1 unspecified atom stereocenters. The van der Waals surface area contributed by atoms with E-state index in [0.29, 0.717) is 17.6 Å². The Bertz CT molecular complexity index is 531. The van der Waals surface area contributed by atoms with Gasteiger partial charge < -0.3 is 14.1 Å². The Hall–Kier alpha value is -0.0500. The molecule has 0 aliphatic rings. The van der Waals surface area contributed by atoms with Crippen LogP contribution < -0.4 is 0 Å². The monoisotopic (exact) mass is 554 g/mol. The number of nitrogens with zero attached hydrogens (tertiary/aromatic N) is 1. The smallest absolute Gasteiger partial charge is 0.379 e. The first-order chi connectivity index (χ1) is 17.7. The lowest BCUT2D eigenvalue weighted by Gasteiger charge is -2.24. The van der Waals surface area contributed by atoms with Gasteiger partial charge in [-0.1, -0.05) is 116 Å². The zero-order valence-corrected chi connectivity index (χ0v) is 25.6. The van der Waals surface area contributed by atoms with E-state index in [9.17, 15) is 9.46 Å². The normalized spacial score (nSPS) is 14.6. The second kappa shape index (κ2) is 25.0. The molecule has 2 N–H and O–H groups in total. The standard InChI is InChI=1S/C28H60NO7P/c1-5-6-7-8-9-10-11-12-13-14-15-16-17-18-19-20-21-22-24-33-26-28(36-30)27-35-37(31,32)34-25-23-29(2,3)4/h28H,5-27H2,1-4H3,(H-,30,31,32)/p+1/t28-/m1/s1. The Kier molecular flexibility index (Phi) is 24.9. The molecule has 0 rings (SSSR count). The van der Waals surface area contributed by atoms with Crippen molar-refractivity contribution in [1.82, 2.24) is 0 Å². The van der Waals surface area contributed by atoms with Gasteiger partial charge in [-0.3, -0.25) is 14.3 Å². The molecule has 0 spiro atoms. The van der Waals surface area contributed by atoms with Gasteiger partial charge in [0, 0.05) is 6.61 Å². The number of unbranched alkanes of at least 4 members (excludes halogenated alkanes) is 17. The second-order valence-corrected chi connectivity index (χ2v) is 12.9. The molecule has 0 aromatic carbocycles. The maximum absolute atomic E-state index is 11.9. The highest BCUT2D eigenvalue weighted by Gasteiger charge is 2.25. The van der Waals surface area contributed by atoms with Crippen LogP contribution in [0.3, 0.4) is 0 Å². The Morgan fingerprint density at radius 3 is 1.49 bits per heavy atom. The van der Waals surface area contributed by atoms with Crippen LogP contribution in [0.5, 0.6) is 0 Å². The minimum atomic E-state index is -4.18. The van der Waals surface area contributed by atoms with Gasteiger partial charge in [-0.25, -0.2) is 9.45 Å². The molecule has 37 heavy (non-hydrogen) atoms. The van der Waals surface area contributed by atoms with E-state index in [4.69, 9.17) is 19.0 Å². The quantitative estimate of drug-likeness (QED) is 0.0321. The van der Waals surface area contributed by atoms with E-state index in [1.165, 1.54) is 103 Å². The van der Waals surface area contributed by atoms with Gasteiger partial charge in [-0.05, 0) is 6.42 Å². The molecule has 0 radical (unpaired) electrons. The molecule has 0 aliphatic carbocycles. The van der Waals surface area contributed by atoms with E-state index in [1.54, 1.807) is 0 Å². The van der Waals surface area contributed by atoms with Crippen molar-refractivity contribution in [3.05, 3.63) is 0 Å². The van der Waals surface area contributed by atoms with Crippen LogP contribution >= 0.6 is 7.82 Å². The summed E-state index contributed by atoms with van der Waals surface area (Å²) < 4.78 is 27.9. The zero-order valence-electron chi connectivity index (χ0n) is 24.7. The van der Waals surface area contributed by atoms with Crippen molar-refractivity contribution in [1.29, 1.82) is 0 Å². The molecular formula is C28H61NO7P+. The third kappa shape index (κ3) is 28.8. The third-order valence-corrected chi connectivity index (χ3v) is 7.52. The molecule has 0 bridgehead atoms. The first-order valence-electron chi connectivity index (χ1n) is 15.0. The summed E-state index contributed by atoms with van der Waals surface area (Å²) in [6.45, 7) is 3.31. The van der Waals surface area contributed by atoms with Crippen LogP contribution in [0.4, 0.5) is 0 Å². The Morgan fingerprint density at radius 1 is 0.649 bits per heavy atom. The Labute approximate surface area is 228 Å². The van der Waals surface area contributed by atoms with Crippen LogP contribution in [0.25, 0.3) is 0 Å². The van der Waals surface area contributed by atoms with Crippen LogP contribution in [0.1, 0.15) is 122 Å². The number of hydrogen-bond acceptors (Lipinski definition) is 6. The van der Waals surface area contributed by atoms with E-state index in [0.717, 1.165) is 12.8 Å². The van der Waals surface area contributed by atoms with Gasteiger partial charge in [0.2, 0.25) is 0 Å². The molecule has 0 fully saturated rings. The fraction of sp³-hybridized carbons (Fsp3) is 1.00. The topological polar surface area (TPSA) is 94.5 Å². The van der Waals surface area contributed by atoms with Gasteiger partial charge in [0.15, 0.2) is 0 Å². The van der Waals surface area contributed by atoms with Crippen molar-refractivity contribution in [2.75, 3.05) is 54.1 Å². The van der Waals surface area contributed by atoms with Crippen LogP contribution in [-0.4, -0.2) is 74.9 Å². The van der Waals surface area contributed by atoms with Gasteiger partial charge >= 0.3 is 7.82 Å². The van der Waals surface area contributed by atoms with Crippen LogP contribution in [0, 0.1) is 0 Å². The minimum absolute atomic E-state index is 0.0916. The van der Waals surface area contributed by atoms with Crippen molar-refractivity contribution >= 4 is 7.82 Å². The van der Waals surface area contributed by atoms with Crippen LogP contribution in [-0.2, 0) is 23.2 Å². The van der Waals surface area contributed by atoms with Crippen molar-refractivity contribution in [2.45, 2.75) is 129 Å². The summed E-state index contributed by atoms with van der Waals surface area (Å²) in [6.07, 6.45) is 23.2. The number of phosphoric ester groups is 1. The third-order valence-electron chi connectivity index (χ3n) is 6.54. The van der Waals surface area contributed by atoms with Crippen molar-refractivity contribution < 1.29 is 37.9 Å². The predicted molar refractivity (Wildman–Crippen MR) is 152 cm³/mol. The SMILES string of the molecule is CCCCCCCCCCCCCCCCCCCCOC[C@H](COP(=O)(O)OCC[N+](C)(C)C)OO. The molecule has 0 saturated heterocycles. The highest BCUT2D eigenvalue weighted by Crippen LogP contribution is 2.43. The molecule has 2 atom stereocenters. The van der Waals surface area contributed by atoms with E-state index >= 15 is 0 Å². The molecule has 9 heteroatoms. The zero-order chi connectivity index (χ0) is 27.7. The van der Waals surface area contributed by atoms with Gasteiger partial charge in [-0.15, -0.1) is 0 Å². The van der Waals surface area contributed by atoms with E-state index in [2.05, 4.69) is 11.8 Å². The summed E-state index contributed by atoms with van der Waals surface area (Å²) >= 11 is 0. The van der Waals surface area contributed by atoms with E-state index in [1.807, 2.05) is 21.1 Å². The van der Waals surface area contributed by atoms with E-state index < -0.39 is 13.9 Å². The molecular weight excluding hydrogens is 493 g/mol. The average Bonchev–Trinajstić information content (AvgIpc) is 2.83. The lowest BCUT2D eigenvalue weighted by atomic mass is 10.0. The molecule has 0 aromatic rings. The van der Waals surface area contributed by atoms with Gasteiger partial charge in [-0.2, -0.15) is 0 Å². The summed E-state index contributed by atoms with van der Waals surface area (Å²) in [4.78, 5) is 14.0. The lowest BCUT2D eigenvalue weighted by Crippen LogP contribution is -2.37. The van der Waals surface area contributed by atoms with Crippen molar-refractivity contribution in [3.63, 3.8) is 0 Å². The number of likely N-dealkylation sites (N-methyl/N-ethyl adjacent to an activating group) is 1. The van der Waals surface area contributed by atoms with Crippen molar-refractivity contribution in [2.24, 2.45) is 0 Å². The number of phosphoric acid groups is 1. The number of ether oxygens (including phenoxy) is 1. The fourth-order valence-electron chi connectivity index (χ4n) is 4.07. The Morgan fingerprint density at radius 2 is 1.08 bits per heavy atom. The van der Waals surface area contributed by atoms with Gasteiger partial charge in [0.05, 0.1) is 34.4 Å². The summed E-state index contributed by atoms with van der Waals surface area (Å²) in [6, 6.07) is 0. The fourth-order valence-corrected chi connectivity index (χ4v) is 4.82. The highest BCUT2D eigenvalue weighted by molar-refractivity contribution is 7.47. The Balaban J connectivity index is 3.44. The minimum Gasteiger partial charge on any atom is -0.379 e. The highest BCUT2D eigenvalue weighted by atomic mass is 31.2. The molecule has 0 amide bonds. The molecule has 0 aromatic heterocycles. The summed E-state index contributed by atoms with van der Waals surface area (Å²) in [5.74, 6) is 0.